The summed E-state index contributed by atoms with van der Waals surface area (Å²) in [4.78, 5) is 10.7. The highest BCUT2D eigenvalue weighted by Gasteiger charge is 2.19. The predicted molar refractivity (Wildman–Crippen MR) is 142 cm³/mol. The molecule has 2 aromatic carbocycles. The van der Waals surface area contributed by atoms with E-state index in [2.05, 4.69) is 24.8 Å². The van der Waals surface area contributed by atoms with Gasteiger partial charge in [-0.3, -0.25) is 4.79 Å². The fraction of sp³-hybridized carbons (Fsp3) is 0.552. The van der Waals surface area contributed by atoms with Crippen LogP contribution in [-0.4, -0.2) is 60.5 Å². The second-order valence-corrected chi connectivity index (χ2v) is 9.00. The Kier molecular flexibility index (Phi) is 15.7. The molecule has 1 fully saturated rings. The Labute approximate surface area is 216 Å². The first-order valence-electron chi connectivity index (χ1n) is 12.8. The maximum absolute atomic E-state index is 12.6. The van der Waals surface area contributed by atoms with Crippen molar-refractivity contribution < 1.29 is 28.9 Å². The van der Waals surface area contributed by atoms with Gasteiger partial charge >= 0.3 is 0 Å². The molecule has 1 aliphatic heterocycles. The lowest BCUT2D eigenvalue weighted by Crippen LogP contribution is -2.33. The van der Waals surface area contributed by atoms with Gasteiger partial charge in [-0.1, -0.05) is 37.6 Å². The van der Waals surface area contributed by atoms with Gasteiger partial charge < -0.3 is 24.6 Å². The smallest absolute Gasteiger partial charge is 0.290 e. The van der Waals surface area contributed by atoms with Crippen LogP contribution in [0.3, 0.4) is 0 Å². The summed E-state index contributed by atoms with van der Waals surface area (Å²) in [6.07, 6.45) is 4.08. The van der Waals surface area contributed by atoms with Crippen molar-refractivity contribution in [1.29, 1.82) is 0 Å². The van der Waals surface area contributed by atoms with Crippen LogP contribution in [0, 0.1) is 19.7 Å². The van der Waals surface area contributed by atoms with Crippen molar-refractivity contribution in [1.82, 2.24) is 4.90 Å². The summed E-state index contributed by atoms with van der Waals surface area (Å²) in [6, 6.07) is 11.4. The van der Waals surface area contributed by atoms with E-state index in [1.54, 1.807) is 13.0 Å². The fourth-order valence-corrected chi connectivity index (χ4v) is 4.13. The molecule has 1 heterocycles. The largest absolute Gasteiger partial charge is 0.494 e. The molecule has 3 rings (SSSR count). The number of β-amino-alcohol motifs (C(OH)–C–C–N with tert-alkyl or cyclic N) is 1. The summed E-state index contributed by atoms with van der Waals surface area (Å²) in [5.41, 5.74) is 4.10. The zero-order valence-electron chi connectivity index (χ0n) is 22.5. The van der Waals surface area contributed by atoms with Crippen molar-refractivity contribution in [2.24, 2.45) is 0 Å². The number of likely N-dealkylation sites (tertiary alicyclic amines) is 1. The minimum Gasteiger partial charge on any atom is -0.494 e. The molecular weight excluding hydrogens is 461 g/mol. The van der Waals surface area contributed by atoms with Gasteiger partial charge in [-0.25, -0.2) is 4.39 Å². The monoisotopic (exact) mass is 505 g/mol. The lowest BCUT2D eigenvalue weighted by Gasteiger charge is -2.23. The first-order valence-corrected chi connectivity index (χ1v) is 12.8. The minimum atomic E-state index is -0.421. The third kappa shape index (κ3) is 11.5. The molecule has 0 spiro atoms. The Morgan fingerprint density at radius 2 is 1.81 bits per heavy atom. The topological polar surface area (TPSA) is 79.2 Å². The van der Waals surface area contributed by atoms with E-state index in [1.165, 1.54) is 30.0 Å². The molecule has 7 heteroatoms. The molecule has 1 saturated heterocycles. The summed E-state index contributed by atoms with van der Waals surface area (Å²) >= 11 is 0. The molecule has 2 aromatic rings. The first-order chi connectivity index (χ1) is 17.3. The highest BCUT2D eigenvalue weighted by molar-refractivity contribution is 5.41. The molecule has 0 saturated carbocycles. The molecule has 202 valence electrons. The van der Waals surface area contributed by atoms with Crippen molar-refractivity contribution in [2.75, 3.05) is 32.8 Å². The Morgan fingerprint density at radius 3 is 2.36 bits per heavy atom. The Balaban J connectivity index is 0.000000446. The number of benzene rings is 2. The highest BCUT2D eigenvalue weighted by atomic mass is 19.1. The molecule has 6 nitrogen and oxygen atoms in total. The standard InChI is InChI=1S/C20H33NO3.C8H9F.CH2O2/c1-4-9-19-18(10-8-11-20(19)23-5-2)16(3)24-15-17(22)14-21-12-6-7-13-21;1-6-3-4-7(2)8(9)5-6;2-1-3/h8,10-11,16-17,22H,4-7,9,12-15H2,1-3H3;3-5H,1-2H3;1H,(H,2,3). The molecule has 2 atom stereocenters. The predicted octanol–water partition coefficient (Wildman–Crippen LogP) is 5.72. The SMILES string of the molecule is CCCc1c(OCC)cccc1C(C)OCC(O)CN1CCCC1.Cc1ccc(C)c(F)c1.O=CO. The molecule has 1 aliphatic rings. The number of carbonyl (C=O) groups is 1. The number of nitrogens with zero attached hydrogens (tertiary/aromatic N) is 1. The van der Waals surface area contributed by atoms with Crippen LogP contribution in [0.4, 0.5) is 4.39 Å². The molecule has 2 N–H and O–H groups in total. The molecule has 36 heavy (non-hydrogen) atoms. The number of aliphatic hydroxyl groups excluding tert-OH is 1. The van der Waals surface area contributed by atoms with E-state index in [-0.39, 0.29) is 18.4 Å². The normalized spacial score (nSPS) is 14.6. The number of rotatable bonds is 10. The molecule has 0 aromatic heterocycles. The number of halogens is 1. The third-order valence-electron chi connectivity index (χ3n) is 5.94. The van der Waals surface area contributed by atoms with E-state index in [4.69, 9.17) is 19.4 Å². The third-order valence-corrected chi connectivity index (χ3v) is 5.94. The van der Waals surface area contributed by atoms with Gasteiger partial charge in [0.25, 0.3) is 6.47 Å². The molecular formula is C29H44FNO5. The van der Waals surface area contributed by atoms with Gasteiger partial charge in [0.15, 0.2) is 0 Å². The van der Waals surface area contributed by atoms with Crippen LogP contribution in [0.2, 0.25) is 0 Å². The van der Waals surface area contributed by atoms with Crippen molar-refractivity contribution >= 4 is 6.47 Å². The van der Waals surface area contributed by atoms with Crippen LogP contribution in [0.25, 0.3) is 0 Å². The van der Waals surface area contributed by atoms with Crippen molar-refractivity contribution in [3.05, 3.63) is 64.5 Å². The van der Waals surface area contributed by atoms with Gasteiger partial charge in [-0.05, 0) is 94.4 Å². The van der Waals surface area contributed by atoms with Gasteiger partial charge in [0.05, 0.1) is 25.4 Å². The molecule has 0 amide bonds. The number of aryl methyl sites for hydroxylation is 2. The van der Waals surface area contributed by atoms with Gasteiger partial charge in [0, 0.05) is 6.54 Å². The fourth-order valence-electron chi connectivity index (χ4n) is 4.13. The Bertz CT molecular complexity index is 886. The van der Waals surface area contributed by atoms with E-state index < -0.39 is 6.10 Å². The Hall–Kier alpha value is -2.48. The molecule has 0 aliphatic carbocycles. The maximum Gasteiger partial charge on any atom is 0.290 e. The summed E-state index contributed by atoms with van der Waals surface area (Å²) in [5.74, 6) is 0.847. The van der Waals surface area contributed by atoms with E-state index in [1.807, 2.05) is 32.0 Å². The maximum atomic E-state index is 12.6. The van der Waals surface area contributed by atoms with Crippen molar-refractivity contribution in [3.8, 4) is 5.75 Å². The molecule has 0 bridgehead atoms. The van der Waals surface area contributed by atoms with E-state index in [9.17, 15) is 9.50 Å². The average Bonchev–Trinajstić information content (AvgIpc) is 3.35. The summed E-state index contributed by atoms with van der Waals surface area (Å²) in [7, 11) is 0. The summed E-state index contributed by atoms with van der Waals surface area (Å²) in [5, 5.41) is 17.1. The van der Waals surface area contributed by atoms with Crippen LogP contribution in [0.15, 0.2) is 36.4 Å². The van der Waals surface area contributed by atoms with Crippen LogP contribution >= 0.6 is 0 Å². The van der Waals surface area contributed by atoms with Gasteiger partial charge in [0.2, 0.25) is 0 Å². The van der Waals surface area contributed by atoms with E-state index >= 15 is 0 Å². The van der Waals surface area contributed by atoms with Crippen molar-refractivity contribution in [3.63, 3.8) is 0 Å². The van der Waals surface area contributed by atoms with Gasteiger partial charge in [-0.15, -0.1) is 0 Å². The van der Waals surface area contributed by atoms with Crippen LogP contribution < -0.4 is 4.74 Å². The van der Waals surface area contributed by atoms with E-state index in [0.717, 1.165) is 37.2 Å². The van der Waals surface area contributed by atoms with Gasteiger partial charge in [-0.2, -0.15) is 0 Å². The number of carboxylic acid groups (broad SMARTS) is 1. The van der Waals surface area contributed by atoms with E-state index in [0.29, 0.717) is 25.3 Å². The van der Waals surface area contributed by atoms with Crippen LogP contribution in [0.5, 0.6) is 5.75 Å². The molecule has 2 unspecified atom stereocenters. The van der Waals surface area contributed by atoms with Crippen LogP contribution in [0.1, 0.15) is 68.4 Å². The second-order valence-electron chi connectivity index (χ2n) is 9.00. The lowest BCUT2D eigenvalue weighted by atomic mass is 9.98. The highest BCUT2D eigenvalue weighted by Crippen LogP contribution is 2.30. The summed E-state index contributed by atoms with van der Waals surface area (Å²) in [6.45, 7) is 13.6. The Morgan fingerprint density at radius 1 is 1.14 bits per heavy atom. The minimum absolute atomic E-state index is 0.0415. The van der Waals surface area contributed by atoms with Crippen LogP contribution in [-0.2, 0) is 16.0 Å². The zero-order valence-corrected chi connectivity index (χ0v) is 22.5. The lowest BCUT2D eigenvalue weighted by molar-refractivity contribution is -0.122. The molecule has 0 radical (unpaired) electrons. The summed E-state index contributed by atoms with van der Waals surface area (Å²) < 4.78 is 24.4. The van der Waals surface area contributed by atoms with Gasteiger partial charge in [0.1, 0.15) is 11.6 Å². The second kappa shape index (κ2) is 17.9. The first kappa shape index (κ1) is 31.5. The number of ether oxygens (including phenoxy) is 2. The van der Waals surface area contributed by atoms with Crippen molar-refractivity contribution in [2.45, 2.75) is 72.5 Å². The average molecular weight is 506 g/mol. The zero-order chi connectivity index (χ0) is 26.9. The quantitative estimate of drug-likeness (QED) is 0.403. The number of hydrogen-bond donors (Lipinski definition) is 2. The number of aliphatic hydroxyl groups is 1. The number of hydrogen-bond acceptors (Lipinski definition) is 5.